The van der Waals surface area contributed by atoms with Crippen molar-refractivity contribution in [3.05, 3.63) is 42.0 Å². The van der Waals surface area contributed by atoms with Crippen molar-refractivity contribution in [1.82, 2.24) is 5.32 Å². The fraction of sp³-hybridized carbons (Fsp3) is 0.214. The molecule has 102 valence electrons. The van der Waals surface area contributed by atoms with Gasteiger partial charge in [-0.15, -0.1) is 12.4 Å². The average Bonchev–Trinajstić information content (AvgIpc) is 2.38. The Hall–Kier alpha value is -1.78. The van der Waals surface area contributed by atoms with Crippen molar-refractivity contribution in [3.8, 4) is 5.75 Å². The first-order chi connectivity index (χ1) is 8.72. The first-order valence-corrected chi connectivity index (χ1v) is 5.92. The maximum atomic E-state index is 11.9. The number of nitrogens with one attached hydrogen (secondary N) is 1. The number of amides is 1. The number of rotatable bonds is 4. The van der Waals surface area contributed by atoms with Crippen LogP contribution in [0.25, 0.3) is 10.8 Å². The second-order valence-electron chi connectivity index (χ2n) is 4.11. The number of hydrogen-bond donors (Lipinski definition) is 3. The Labute approximate surface area is 118 Å². The van der Waals surface area contributed by atoms with Crippen molar-refractivity contribution in [2.24, 2.45) is 5.73 Å². The van der Waals surface area contributed by atoms with Crippen molar-refractivity contribution < 1.29 is 9.90 Å². The summed E-state index contributed by atoms with van der Waals surface area (Å²) in [6.07, 6.45) is 0.722. The molecule has 0 aromatic heterocycles. The van der Waals surface area contributed by atoms with E-state index < -0.39 is 0 Å². The summed E-state index contributed by atoms with van der Waals surface area (Å²) in [6.45, 7) is 1.05. The quantitative estimate of drug-likeness (QED) is 0.750. The van der Waals surface area contributed by atoms with Gasteiger partial charge in [-0.3, -0.25) is 4.79 Å². The Morgan fingerprint density at radius 2 is 1.84 bits per heavy atom. The lowest BCUT2D eigenvalue weighted by Gasteiger charge is -2.08. The molecule has 4 N–H and O–H groups in total. The third-order valence-corrected chi connectivity index (χ3v) is 2.78. The van der Waals surface area contributed by atoms with Gasteiger partial charge < -0.3 is 16.2 Å². The van der Waals surface area contributed by atoms with Crippen molar-refractivity contribution in [3.63, 3.8) is 0 Å². The number of nitrogens with two attached hydrogens (primary N) is 1. The van der Waals surface area contributed by atoms with Gasteiger partial charge in [-0.05, 0) is 35.9 Å². The van der Waals surface area contributed by atoms with Crippen LogP contribution in [0.1, 0.15) is 16.8 Å². The van der Waals surface area contributed by atoms with Crippen LogP contribution >= 0.6 is 12.4 Å². The smallest absolute Gasteiger partial charge is 0.255 e. The number of fused-ring (bicyclic) bond motifs is 1. The molecule has 0 aliphatic rings. The summed E-state index contributed by atoms with van der Waals surface area (Å²) in [5.41, 5.74) is 5.65. The molecule has 0 saturated heterocycles. The Morgan fingerprint density at radius 3 is 2.47 bits per heavy atom. The zero-order valence-electron chi connectivity index (χ0n) is 10.4. The summed E-state index contributed by atoms with van der Waals surface area (Å²) < 4.78 is 0. The summed E-state index contributed by atoms with van der Waals surface area (Å²) >= 11 is 0. The molecule has 0 fully saturated rings. The van der Waals surface area contributed by atoms with Crippen LogP contribution in [0.2, 0.25) is 0 Å². The largest absolute Gasteiger partial charge is 0.507 e. The van der Waals surface area contributed by atoms with E-state index >= 15 is 0 Å². The lowest BCUT2D eigenvalue weighted by atomic mass is 10.1. The highest BCUT2D eigenvalue weighted by molar-refractivity contribution is 6.01. The average molecular weight is 281 g/mol. The summed E-state index contributed by atoms with van der Waals surface area (Å²) in [6, 6.07) is 10.9. The minimum atomic E-state index is -0.272. The van der Waals surface area contributed by atoms with E-state index in [1.807, 2.05) is 24.3 Å². The summed E-state index contributed by atoms with van der Waals surface area (Å²) in [5, 5.41) is 14.4. The molecule has 0 saturated carbocycles. The number of carbonyl (C=O) groups is 1. The summed E-state index contributed by atoms with van der Waals surface area (Å²) in [4.78, 5) is 11.9. The molecule has 0 heterocycles. The summed E-state index contributed by atoms with van der Waals surface area (Å²) in [7, 11) is 0. The van der Waals surface area contributed by atoms with E-state index in [1.165, 1.54) is 0 Å². The van der Waals surface area contributed by atoms with Crippen LogP contribution in [-0.4, -0.2) is 24.1 Å². The van der Waals surface area contributed by atoms with E-state index in [-0.39, 0.29) is 24.1 Å². The zero-order chi connectivity index (χ0) is 13.0. The fourth-order valence-corrected chi connectivity index (χ4v) is 1.81. The number of hydrogen-bond acceptors (Lipinski definition) is 3. The van der Waals surface area contributed by atoms with Crippen molar-refractivity contribution >= 4 is 29.1 Å². The van der Waals surface area contributed by atoms with E-state index in [0.717, 1.165) is 17.2 Å². The van der Waals surface area contributed by atoms with E-state index in [2.05, 4.69) is 5.32 Å². The molecule has 2 aromatic rings. The van der Waals surface area contributed by atoms with Gasteiger partial charge in [0, 0.05) is 6.54 Å². The van der Waals surface area contributed by atoms with Crippen LogP contribution in [0.4, 0.5) is 0 Å². The highest BCUT2D eigenvalue weighted by atomic mass is 35.5. The molecule has 0 bridgehead atoms. The molecule has 5 heteroatoms. The fourth-order valence-electron chi connectivity index (χ4n) is 1.81. The number of aromatic hydroxyl groups is 1. The second-order valence-corrected chi connectivity index (χ2v) is 4.11. The lowest BCUT2D eigenvalue weighted by Crippen LogP contribution is -2.26. The van der Waals surface area contributed by atoms with Crippen LogP contribution in [0.3, 0.4) is 0 Å². The van der Waals surface area contributed by atoms with Crippen LogP contribution in [0.5, 0.6) is 5.75 Å². The van der Waals surface area contributed by atoms with Crippen LogP contribution in [-0.2, 0) is 0 Å². The highest BCUT2D eigenvalue weighted by Gasteiger charge is 2.11. The van der Waals surface area contributed by atoms with Crippen molar-refractivity contribution in [2.45, 2.75) is 6.42 Å². The topological polar surface area (TPSA) is 75.3 Å². The molecule has 0 unspecified atom stereocenters. The van der Waals surface area contributed by atoms with E-state index in [0.29, 0.717) is 18.7 Å². The molecular formula is C14H17ClN2O2. The lowest BCUT2D eigenvalue weighted by molar-refractivity contribution is 0.0951. The first-order valence-electron chi connectivity index (χ1n) is 5.92. The molecule has 19 heavy (non-hydrogen) atoms. The van der Waals surface area contributed by atoms with Gasteiger partial charge in [0.15, 0.2) is 0 Å². The van der Waals surface area contributed by atoms with Crippen LogP contribution < -0.4 is 11.1 Å². The van der Waals surface area contributed by atoms with Crippen molar-refractivity contribution in [1.29, 1.82) is 0 Å². The Balaban J connectivity index is 0.00000180. The van der Waals surface area contributed by atoms with Gasteiger partial charge in [-0.25, -0.2) is 0 Å². The number of benzene rings is 2. The summed E-state index contributed by atoms with van der Waals surface area (Å²) in [5.74, 6) is -0.273. The van der Waals surface area contributed by atoms with Gasteiger partial charge in [0.05, 0.1) is 5.56 Å². The molecule has 0 aliphatic carbocycles. The minimum absolute atomic E-state index is 0. The van der Waals surface area contributed by atoms with Gasteiger partial charge in [0.1, 0.15) is 5.75 Å². The normalized spacial score (nSPS) is 9.95. The maximum Gasteiger partial charge on any atom is 0.255 e. The van der Waals surface area contributed by atoms with Gasteiger partial charge in [0.2, 0.25) is 0 Å². The predicted octanol–water partition coefficient (Wildman–Crippen LogP) is 2.05. The minimum Gasteiger partial charge on any atom is -0.507 e. The maximum absolute atomic E-state index is 11.9. The Bertz CT molecular complexity index is 572. The second kappa shape index (κ2) is 6.97. The molecule has 0 spiro atoms. The monoisotopic (exact) mass is 280 g/mol. The molecular weight excluding hydrogens is 264 g/mol. The molecule has 2 aromatic carbocycles. The van der Waals surface area contributed by atoms with E-state index in [1.54, 1.807) is 12.1 Å². The Kier molecular flexibility index (Phi) is 5.60. The van der Waals surface area contributed by atoms with Crippen LogP contribution in [0.15, 0.2) is 36.4 Å². The molecule has 4 nitrogen and oxygen atoms in total. The highest BCUT2D eigenvalue weighted by Crippen LogP contribution is 2.24. The molecule has 0 atom stereocenters. The van der Waals surface area contributed by atoms with Gasteiger partial charge in [-0.1, -0.05) is 24.3 Å². The van der Waals surface area contributed by atoms with Gasteiger partial charge in [0.25, 0.3) is 5.91 Å². The van der Waals surface area contributed by atoms with Crippen LogP contribution in [0, 0.1) is 0 Å². The SMILES string of the molecule is Cl.NCCCNC(=O)c1cc2ccccc2cc1O. The number of halogens is 1. The van der Waals surface area contributed by atoms with E-state index in [4.69, 9.17) is 5.73 Å². The zero-order valence-corrected chi connectivity index (χ0v) is 11.2. The third-order valence-electron chi connectivity index (χ3n) is 2.78. The van der Waals surface area contributed by atoms with Gasteiger partial charge >= 0.3 is 0 Å². The predicted molar refractivity (Wildman–Crippen MR) is 78.9 cm³/mol. The Morgan fingerprint density at radius 1 is 1.21 bits per heavy atom. The molecule has 1 amide bonds. The molecule has 0 radical (unpaired) electrons. The first kappa shape index (κ1) is 15.3. The molecule has 0 aliphatic heterocycles. The van der Waals surface area contributed by atoms with Crippen molar-refractivity contribution in [2.75, 3.05) is 13.1 Å². The number of phenolic OH excluding ortho intramolecular Hbond substituents is 1. The third kappa shape index (κ3) is 3.59. The molecule has 2 rings (SSSR count). The number of phenols is 1. The number of carbonyl (C=O) groups excluding carboxylic acids is 1. The van der Waals surface area contributed by atoms with Gasteiger partial charge in [-0.2, -0.15) is 0 Å². The van der Waals surface area contributed by atoms with E-state index in [9.17, 15) is 9.90 Å². The standard InChI is InChI=1S/C14H16N2O2.ClH/c15-6-3-7-16-14(18)12-8-10-4-1-2-5-11(10)9-13(12)17;/h1-2,4-5,8-9,17H,3,6-7,15H2,(H,16,18);1H.